The van der Waals surface area contributed by atoms with Gasteiger partial charge in [-0.2, -0.15) is 0 Å². The Bertz CT molecular complexity index is 1500. The molecule has 2 aromatic heterocycles. The van der Waals surface area contributed by atoms with Gasteiger partial charge in [0, 0.05) is 30.1 Å². The van der Waals surface area contributed by atoms with Crippen LogP contribution >= 0.6 is 23.2 Å². The summed E-state index contributed by atoms with van der Waals surface area (Å²) in [6.07, 6.45) is 3.47. The Hall–Kier alpha value is -4.89. The third-order valence-electron chi connectivity index (χ3n) is 4.51. The van der Waals surface area contributed by atoms with E-state index in [1.807, 2.05) is 0 Å². The molecule has 4 rings (SSSR count). The molecule has 0 atom stereocenters. The van der Waals surface area contributed by atoms with Gasteiger partial charge in [0.15, 0.2) is 5.65 Å². The topological polar surface area (TPSA) is 210 Å². The smallest absolute Gasteiger partial charge is 0.324 e. The number of phenolic OH excluding ortho intramolecular Hbond substituents is 1. The van der Waals surface area contributed by atoms with Crippen LogP contribution in [0.3, 0.4) is 0 Å². The molecule has 15 nitrogen and oxygen atoms in total. The second-order valence-electron chi connectivity index (χ2n) is 6.77. The van der Waals surface area contributed by atoms with E-state index in [4.69, 9.17) is 28.3 Å². The maximum Gasteiger partial charge on any atom is 0.324 e. The zero-order valence-electron chi connectivity index (χ0n) is 17.3. The first-order chi connectivity index (χ1) is 16.9. The number of aromatic hydroxyl groups is 1. The fraction of sp³-hybridized carbons (Fsp3) is 0. The maximum absolute atomic E-state index is 10.6. The van der Waals surface area contributed by atoms with Gasteiger partial charge < -0.3 is 9.51 Å². The molecule has 0 saturated carbocycles. The summed E-state index contributed by atoms with van der Waals surface area (Å²) in [6.45, 7) is 0. The molecule has 0 aliphatic heterocycles. The number of benzene rings is 2. The van der Waals surface area contributed by atoms with Crippen molar-refractivity contribution in [2.45, 2.75) is 0 Å². The summed E-state index contributed by atoms with van der Waals surface area (Å²) in [5.74, 6) is -1.21. The van der Waals surface area contributed by atoms with E-state index in [9.17, 15) is 40.5 Å². The first-order valence-corrected chi connectivity index (χ1v) is 10.0. The molecule has 36 heavy (non-hydrogen) atoms. The van der Waals surface area contributed by atoms with Crippen molar-refractivity contribution in [2.24, 2.45) is 0 Å². The van der Waals surface area contributed by atoms with Gasteiger partial charge in [0.25, 0.3) is 17.1 Å². The van der Waals surface area contributed by atoms with Crippen LogP contribution in [-0.4, -0.2) is 34.2 Å². The van der Waals surface area contributed by atoms with E-state index < -0.39 is 42.5 Å². The number of fused-ring (bicyclic) bond motifs is 1. The molecule has 0 bridgehead atoms. The van der Waals surface area contributed by atoms with E-state index in [0.29, 0.717) is 33.5 Å². The quantitative estimate of drug-likeness (QED) is 0.255. The predicted octanol–water partition coefficient (Wildman–Crippen LogP) is 5.33. The summed E-state index contributed by atoms with van der Waals surface area (Å²) < 4.78 is 1.72. The van der Waals surface area contributed by atoms with Gasteiger partial charge >= 0.3 is 11.4 Å². The number of rotatable bonds is 5. The molecule has 0 amide bonds. The van der Waals surface area contributed by atoms with Crippen LogP contribution in [0, 0.1) is 40.5 Å². The molecule has 0 saturated heterocycles. The zero-order valence-corrected chi connectivity index (χ0v) is 18.9. The van der Waals surface area contributed by atoms with Crippen LogP contribution in [0.15, 0.2) is 54.9 Å². The van der Waals surface area contributed by atoms with Crippen LogP contribution in [0.5, 0.6) is 5.75 Å². The molecule has 2 aromatic carbocycles. The first kappa shape index (κ1) is 25.7. The summed E-state index contributed by atoms with van der Waals surface area (Å²) in [6, 6.07) is 8.68. The number of hydrogen-bond acceptors (Lipinski definition) is 10. The van der Waals surface area contributed by atoms with E-state index in [2.05, 4.69) is 4.98 Å². The van der Waals surface area contributed by atoms with Gasteiger partial charge in [-0.05, 0) is 18.2 Å². The Balaban J connectivity index is 0.000000207. The molecule has 17 heteroatoms. The van der Waals surface area contributed by atoms with Crippen molar-refractivity contribution in [3.05, 3.63) is 105 Å². The summed E-state index contributed by atoms with van der Waals surface area (Å²) >= 11 is 12.0. The van der Waals surface area contributed by atoms with Gasteiger partial charge in [-0.25, -0.2) is 4.98 Å². The lowest BCUT2D eigenvalue weighted by Gasteiger charge is -1.97. The van der Waals surface area contributed by atoms with Crippen molar-refractivity contribution in [1.29, 1.82) is 0 Å². The van der Waals surface area contributed by atoms with Crippen LogP contribution in [0.2, 0.25) is 10.0 Å². The number of hydrogen-bond donors (Lipinski definition) is 1. The molecule has 0 aliphatic rings. The van der Waals surface area contributed by atoms with E-state index in [1.54, 1.807) is 35.0 Å². The highest BCUT2D eigenvalue weighted by atomic mass is 35.5. The van der Waals surface area contributed by atoms with Crippen LogP contribution < -0.4 is 0 Å². The SMILES string of the molecule is O=[N+]([O-])c1cc([N+](=O)[O-])c(O)c([N+](=O)[O-])c1.O=[N+]([O-])c1ccc(-c2cn3cc(Cl)cc(Cl)c3n2)cc1. The lowest BCUT2D eigenvalue weighted by atomic mass is 10.1. The standard InChI is InChI=1S/C13H7Cl2N3O2.C6H3N3O7/c14-9-5-11(15)13-16-12(7-17(13)6-9)8-1-3-10(4-2-8)18(19)20;10-6-4(8(13)14)1-3(7(11)12)2-5(6)9(15)16/h1-7H;1-2,10H. The van der Waals surface area contributed by atoms with Gasteiger partial charge in [-0.1, -0.05) is 23.2 Å². The monoisotopic (exact) mass is 536 g/mol. The normalized spacial score (nSPS) is 10.4. The van der Waals surface area contributed by atoms with Crippen molar-refractivity contribution in [1.82, 2.24) is 9.38 Å². The largest absolute Gasteiger partial charge is 0.497 e. The van der Waals surface area contributed by atoms with Crippen molar-refractivity contribution in [3.8, 4) is 17.0 Å². The second-order valence-corrected chi connectivity index (χ2v) is 7.61. The van der Waals surface area contributed by atoms with E-state index >= 15 is 0 Å². The number of halogens is 2. The Kier molecular flexibility index (Phi) is 7.26. The first-order valence-electron chi connectivity index (χ1n) is 9.27. The van der Waals surface area contributed by atoms with Gasteiger partial charge in [0.2, 0.25) is 0 Å². The van der Waals surface area contributed by atoms with Crippen LogP contribution in [0.4, 0.5) is 22.7 Å². The van der Waals surface area contributed by atoms with Crippen molar-refractivity contribution in [3.63, 3.8) is 0 Å². The minimum absolute atomic E-state index is 0.0404. The highest BCUT2D eigenvalue weighted by Crippen LogP contribution is 2.39. The molecule has 4 aromatic rings. The Morgan fingerprint density at radius 3 is 1.75 bits per heavy atom. The number of non-ortho nitro benzene ring substituents is 2. The Labute approximate surface area is 208 Å². The average molecular weight is 537 g/mol. The van der Waals surface area contributed by atoms with Crippen molar-refractivity contribution in [2.75, 3.05) is 0 Å². The molecule has 0 unspecified atom stereocenters. The lowest BCUT2D eigenvalue weighted by Crippen LogP contribution is -1.97. The predicted molar refractivity (Wildman–Crippen MR) is 125 cm³/mol. The van der Waals surface area contributed by atoms with Crippen LogP contribution in [0.25, 0.3) is 16.9 Å². The average Bonchev–Trinajstić information content (AvgIpc) is 3.23. The zero-order chi connectivity index (χ0) is 26.7. The summed E-state index contributed by atoms with van der Waals surface area (Å²) in [4.78, 5) is 42.4. The number of aromatic nitrogens is 2. The molecular weight excluding hydrogens is 527 g/mol. The van der Waals surface area contributed by atoms with Gasteiger partial charge in [-0.15, -0.1) is 0 Å². The van der Waals surface area contributed by atoms with E-state index in [-0.39, 0.29) is 5.69 Å². The molecule has 0 spiro atoms. The van der Waals surface area contributed by atoms with Gasteiger partial charge in [-0.3, -0.25) is 40.5 Å². The fourth-order valence-electron chi connectivity index (χ4n) is 2.89. The van der Waals surface area contributed by atoms with Crippen molar-refractivity contribution < 1.29 is 24.8 Å². The fourth-order valence-corrected chi connectivity index (χ4v) is 3.42. The molecule has 0 fully saturated rings. The van der Waals surface area contributed by atoms with Crippen LogP contribution in [0.1, 0.15) is 0 Å². The van der Waals surface area contributed by atoms with E-state index in [1.165, 1.54) is 12.1 Å². The molecule has 0 radical (unpaired) electrons. The third-order valence-corrected chi connectivity index (χ3v) is 4.99. The lowest BCUT2D eigenvalue weighted by molar-refractivity contribution is -0.404. The molecule has 1 N–H and O–H groups in total. The summed E-state index contributed by atoms with van der Waals surface area (Å²) in [7, 11) is 0. The summed E-state index contributed by atoms with van der Waals surface area (Å²) in [5.41, 5.74) is -0.934. The highest BCUT2D eigenvalue weighted by molar-refractivity contribution is 6.36. The second kappa shape index (κ2) is 10.2. The number of nitro groups is 4. The number of pyridine rings is 1. The van der Waals surface area contributed by atoms with Gasteiger partial charge in [0.05, 0.1) is 47.6 Å². The minimum Gasteiger partial charge on any atom is -0.497 e. The number of phenols is 1. The highest BCUT2D eigenvalue weighted by Gasteiger charge is 2.30. The molecular formula is C19H10Cl2N6O9. The molecule has 0 aliphatic carbocycles. The summed E-state index contributed by atoms with van der Waals surface area (Å²) in [5, 5.41) is 51.8. The van der Waals surface area contributed by atoms with Gasteiger partial charge in [0.1, 0.15) is 0 Å². The maximum atomic E-state index is 10.6. The third kappa shape index (κ3) is 5.43. The number of imidazole rings is 1. The minimum atomic E-state index is -1.21. The van der Waals surface area contributed by atoms with E-state index in [0.717, 1.165) is 5.56 Å². The van der Waals surface area contributed by atoms with Crippen LogP contribution in [-0.2, 0) is 0 Å². The Morgan fingerprint density at radius 1 is 0.750 bits per heavy atom. The number of nitrogens with zero attached hydrogens (tertiary/aromatic N) is 6. The molecule has 184 valence electrons. The number of nitro benzene ring substituents is 4. The molecule has 2 heterocycles. The Morgan fingerprint density at radius 2 is 1.28 bits per heavy atom. The van der Waals surface area contributed by atoms with Crippen molar-refractivity contribution >= 4 is 51.6 Å².